The molecule has 1 atom stereocenters. The molecule has 0 aromatic rings. The third-order valence-corrected chi connectivity index (χ3v) is 4.31. The molecule has 1 spiro atoms. The van der Waals surface area contributed by atoms with Gasteiger partial charge in [-0.1, -0.05) is 0 Å². The molecule has 114 valence electrons. The third-order valence-electron chi connectivity index (χ3n) is 4.31. The fraction of sp³-hybridized carbons (Fsp3) is 0.846. The average molecular weight is 284 g/mol. The van der Waals surface area contributed by atoms with E-state index in [1.165, 1.54) is 6.92 Å². The summed E-state index contributed by atoms with van der Waals surface area (Å²) in [5.74, 6) is 0.0808. The summed E-state index contributed by atoms with van der Waals surface area (Å²) in [5, 5.41) is 15.1. The number of nitrogens with zero attached hydrogens (tertiary/aromatic N) is 1. The van der Waals surface area contributed by atoms with Gasteiger partial charge in [-0.05, 0) is 25.7 Å². The Labute approximate surface area is 118 Å². The molecule has 7 nitrogen and oxygen atoms in total. The molecule has 1 unspecified atom stereocenters. The van der Waals surface area contributed by atoms with Crippen LogP contribution in [-0.4, -0.2) is 53.8 Å². The SMILES string of the molecule is CC(=O)NCNC1CCC2(CC1)CN(CC(N)O)C2=O. The molecular formula is C13H24N4O3. The minimum atomic E-state index is -0.952. The fourth-order valence-electron chi connectivity index (χ4n) is 3.19. The van der Waals surface area contributed by atoms with E-state index in [1.807, 2.05) is 0 Å². The van der Waals surface area contributed by atoms with E-state index < -0.39 is 6.23 Å². The van der Waals surface area contributed by atoms with Gasteiger partial charge in [0, 0.05) is 19.5 Å². The van der Waals surface area contributed by atoms with E-state index in [0.717, 1.165) is 25.7 Å². The number of rotatable bonds is 5. The Morgan fingerprint density at radius 2 is 2.20 bits per heavy atom. The van der Waals surface area contributed by atoms with Crippen molar-refractivity contribution >= 4 is 11.8 Å². The molecule has 2 aliphatic rings. The maximum absolute atomic E-state index is 12.2. The van der Waals surface area contributed by atoms with Gasteiger partial charge in [0.05, 0.1) is 18.6 Å². The molecule has 20 heavy (non-hydrogen) atoms. The summed E-state index contributed by atoms with van der Waals surface area (Å²) in [4.78, 5) is 24.6. The lowest BCUT2D eigenvalue weighted by Gasteiger charge is -2.52. The Hall–Kier alpha value is -1.18. The van der Waals surface area contributed by atoms with E-state index in [-0.39, 0.29) is 23.8 Å². The van der Waals surface area contributed by atoms with Crippen molar-refractivity contribution in [2.75, 3.05) is 19.8 Å². The second-order valence-corrected chi connectivity index (χ2v) is 5.92. The van der Waals surface area contributed by atoms with Crippen LogP contribution in [0, 0.1) is 5.41 Å². The van der Waals surface area contributed by atoms with Crippen LogP contribution in [0.1, 0.15) is 32.6 Å². The first kappa shape index (κ1) is 15.2. The average Bonchev–Trinajstić information content (AvgIpc) is 2.39. The summed E-state index contributed by atoms with van der Waals surface area (Å²) < 4.78 is 0. The molecule has 1 saturated carbocycles. The van der Waals surface area contributed by atoms with E-state index in [1.54, 1.807) is 4.90 Å². The molecule has 0 aromatic carbocycles. The zero-order chi connectivity index (χ0) is 14.8. The quantitative estimate of drug-likeness (QED) is 0.371. The molecule has 2 rings (SSSR count). The number of likely N-dealkylation sites (tertiary alicyclic amines) is 1. The Bertz CT molecular complexity index is 378. The van der Waals surface area contributed by atoms with Crippen molar-refractivity contribution in [3.8, 4) is 0 Å². The number of β-amino-alcohol motifs (C(OH)–C–C–N with tert-alkyl or cyclic N) is 1. The highest BCUT2D eigenvalue weighted by Gasteiger charge is 2.52. The van der Waals surface area contributed by atoms with Crippen molar-refractivity contribution in [3.05, 3.63) is 0 Å². The van der Waals surface area contributed by atoms with E-state index in [0.29, 0.717) is 19.3 Å². The van der Waals surface area contributed by atoms with Crippen molar-refractivity contribution < 1.29 is 14.7 Å². The van der Waals surface area contributed by atoms with E-state index in [2.05, 4.69) is 10.6 Å². The van der Waals surface area contributed by atoms with E-state index in [4.69, 9.17) is 10.8 Å². The lowest BCUT2D eigenvalue weighted by atomic mass is 9.66. The van der Waals surface area contributed by atoms with Gasteiger partial charge in [-0.2, -0.15) is 0 Å². The lowest BCUT2D eigenvalue weighted by molar-refractivity contribution is -0.166. The maximum Gasteiger partial charge on any atom is 0.230 e. The molecule has 2 fully saturated rings. The summed E-state index contributed by atoms with van der Waals surface area (Å²) in [6.45, 7) is 2.90. The smallest absolute Gasteiger partial charge is 0.230 e. The lowest BCUT2D eigenvalue weighted by Crippen LogP contribution is -2.65. The topological polar surface area (TPSA) is 108 Å². The van der Waals surface area contributed by atoms with Gasteiger partial charge in [-0.25, -0.2) is 0 Å². The highest BCUT2D eigenvalue weighted by atomic mass is 16.3. The molecule has 0 aromatic heterocycles. The van der Waals surface area contributed by atoms with E-state index in [9.17, 15) is 9.59 Å². The fourth-order valence-corrected chi connectivity index (χ4v) is 3.19. The summed E-state index contributed by atoms with van der Waals surface area (Å²) in [7, 11) is 0. The third kappa shape index (κ3) is 3.28. The Morgan fingerprint density at radius 1 is 1.55 bits per heavy atom. The van der Waals surface area contributed by atoms with Crippen LogP contribution >= 0.6 is 0 Å². The van der Waals surface area contributed by atoms with Gasteiger partial charge in [0.1, 0.15) is 6.23 Å². The van der Waals surface area contributed by atoms with Gasteiger partial charge in [0.2, 0.25) is 11.8 Å². The monoisotopic (exact) mass is 284 g/mol. The van der Waals surface area contributed by atoms with Crippen molar-refractivity contribution in [1.29, 1.82) is 0 Å². The molecule has 1 aliphatic heterocycles. The zero-order valence-corrected chi connectivity index (χ0v) is 11.9. The van der Waals surface area contributed by atoms with Crippen LogP contribution in [0.4, 0.5) is 0 Å². The van der Waals surface area contributed by atoms with Gasteiger partial charge < -0.3 is 21.1 Å². The Kier molecular flexibility index (Phi) is 4.62. The van der Waals surface area contributed by atoms with Crippen LogP contribution in [0.25, 0.3) is 0 Å². The normalized spacial score (nSPS) is 31.1. The molecular weight excluding hydrogens is 260 g/mol. The van der Waals surface area contributed by atoms with Gasteiger partial charge >= 0.3 is 0 Å². The number of nitrogens with one attached hydrogen (secondary N) is 2. The number of nitrogens with two attached hydrogens (primary N) is 1. The minimum absolute atomic E-state index is 0.0464. The number of hydrogen-bond acceptors (Lipinski definition) is 5. The Balaban J connectivity index is 1.72. The van der Waals surface area contributed by atoms with Crippen LogP contribution in [0.15, 0.2) is 0 Å². The van der Waals surface area contributed by atoms with Crippen LogP contribution in [0.3, 0.4) is 0 Å². The molecule has 1 heterocycles. The van der Waals surface area contributed by atoms with Crippen molar-refractivity contribution in [2.24, 2.45) is 11.1 Å². The highest BCUT2D eigenvalue weighted by Crippen LogP contribution is 2.44. The zero-order valence-electron chi connectivity index (χ0n) is 11.9. The van der Waals surface area contributed by atoms with Crippen molar-refractivity contribution in [3.63, 3.8) is 0 Å². The molecule has 0 bridgehead atoms. The molecule has 2 amide bonds. The summed E-state index contributed by atoms with van der Waals surface area (Å²) in [6.07, 6.45) is 2.64. The molecule has 7 heteroatoms. The minimum Gasteiger partial charge on any atom is -0.377 e. The number of carbonyl (C=O) groups excluding carboxylic acids is 2. The number of β-lactam (4-membered cyclic amide) rings is 1. The number of amides is 2. The van der Waals surface area contributed by atoms with Gasteiger partial charge in [-0.3, -0.25) is 14.9 Å². The first-order valence-electron chi connectivity index (χ1n) is 7.14. The first-order chi connectivity index (χ1) is 9.43. The molecule has 0 radical (unpaired) electrons. The van der Waals surface area contributed by atoms with Gasteiger partial charge in [0.15, 0.2) is 0 Å². The largest absolute Gasteiger partial charge is 0.377 e. The number of hydrogen-bond donors (Lipinski definition) is 4. The summed E-state index contributed by atoms with van der Waals surface area (Å²) >= 11 is 0. The van der Waals surface area contributed by atoms with Crippen molar-refractivity contribution in [2.45, 2.75) is 44.9 Å². The van der Waals surface area contributed by atoms with Crippen LogP contribution in [-0.2, 0) is 9.59 Å². The van der Waals surface area contributed by atoms with Crippen molar-refractivity contribution in [1.82, 2.24) is 15.5 Å². The van der Waals surface area contributed by atoms with E-state index >= 15 is 0 Å². The molecule has 5 N–H and O–H groups in total. The predicted molar refractivity (Wildman–Crippen MR) is 73.3 cm³/mol. The molecule has 1 aliphatic carbocycles. The standard InChI is InChI=1S/C13H24N4O3/c1-9(18)15-8-16-10-2-4-13(5-3-10)7-17(12(13)20)6-11(14)19/h10-11,16,19H,2-8,14H2,1H3,(H,15,18). The van der Waals surface area contributed by atoms with Crippen LogP contribution in [0.2, 0.25) is 0 Å². The molecule has 1 saturated heterocycles. The maximum atomic E-state index is 12.2. The number of carbonyl (C=O) groups is 2. The number of aliphatic hydroxyl groups is 1. The van der Waals surface area contributed by atoms with Gasteiger partial charge in [0.25, 0.3) is 0 Å². The second kappa shape index (κ2) is 6.07. The van der Waals surface area contributed by atoms with Crippen LogP contribution in [0.5, 0.6) is 0 Å². The first-order valence-corrected chi connectivity index (χ1v) is 7.14. The van der Waals surface area contributed by atoms with Crippen LogP contribution < -0.4 is 16.4 Å². The second-order valence-electron chi connectivity index (χ2n) is 5.92. The summed E-state index contributed by atoms with van der Waals surface area (Å²) in [5.41, 5.74) is 5.08. The Morgan fingerprint density at radius 3 is 2.70 bits per heavy atom. The van der Waals surface area contributed by atoms with Gasteiger partial charge in [-0.15, -0.1) is 0 Å². The predicted octanol–water partition coefficient (Wildman–Crippen LogP) is -1.28. The summed E-state index contributed by atoms with van der Waals surface area (Å²) in [6, 6.07) is 0.356. The number of aliphatic hydroxyl groups excluding tert-OH is 1. The highest BCUT2D eigenvalue weighted by molar-refractivity contribution is 5.89.